The second-order valence-electron chi connectivity index (χ2n) is 5.03. The summed E-state index contributed by atoms with van der Waals surface area (Å²) >= 11 is 0. The zero-order valence-corrected chi connectivity index (χ0v) is 11.4. The Morgan fingerprint density at radius 1 is 1.42 bits per heavy atom. The van der Waals surface area contributed by atoms with E-state index in [0.29, 0.717) is 5.82 Å². The third kappa shape index (κ3) is 2.02. The number of hydrogen-bond acceptors (Lipinski definition) is 3. The van der Waals surface area contributed by atoms with E-state index in [-0.39, 0.29) is 0 Å². The third-order valence-electron chi connectivity index (χ3n) is 3.88. The number of aromatic nitrogens is 2. The molecule has 100 valence electrons. The Morgan fingerprint density at radius 2 is 2.26 bits per heavy atom. The maximum Gasteiger partial charge on any atom is 0.142 e. The van der Waals surface area contributed by atoms with Crippen LogP contribution in [-0.2, 0) is 13.0 Å². The van der Waals surface area contributed by atoms with E-state index < -0.39 is 6.10 Å². The van der Waals surface area contributed by atoms with Gasteiger partial charge in [-0.2, -0.15) is 0 Å². The molecule has 0 fully saturated rings. The van der Waals surface area contributed by atoms with Gasteiger partial charge in [-0.25, -0.2) is 4.98 Å². The molecule has 2 aromatic rings. The SMILES string of the molecule is CCn1ccnc1C(O)c1ccc2c(c1)CCN2C. The second kappa shape index (κ2) is 4.70. The molecular formula is C15H19N3O. The van der Waals surface area contributed by atoms with Crippen LogP contribution in [0.3, 0.4) is 0 Å². The van der Waals surface area contributed by atoms with E-state index in [0.717, 1.165) is 25.1 Å². The summed E-state index contributed by atoms with van der Waals surface area (Å²) in [5, 5.41) is 10.5. The Kier molecular flexibility index (Phi) is 3.03. The van der Waals surface area contributed by atoms with E-state index in [1.54, 1.807) is 6.20 Å². The van der Waals surface area contributed by atoms with Gasteiger partial charge in [-0.3, -0.25) is 0 Å². The number of hydrogen-bond donors (Lipinski definition) is 1. The lowest BCUT2D eigenvalue weighted by Crippen LogP contribution is -2.12. The molecular weight excluding hydrogens is 238 g/mol. The van der Waals surface area contributed by atoms with Gasteiger partial charge < -0.3 is 14.6 Å². The van der Waals surface area contributed by atoms with Crippen LogP contribution >= 0.6 is 0 Å². The average Bonchev–Trinajstić information content (AvgIpc) is 3.04. The van der Waals surface area contributed by atoms with Crippen molar-refractivity contribution < 1.29 is 5.11 Å². The molecule has 0 spiro atoms. The molecule has 0 radical (unpaired) electrons. The van der Waals surface area contributed by atoms with Crippen molar-refractivity contribution in [3.05, 3.63) is 47.5 Å². The van der Waals surface area contributed by atoms with Gasteiger partial charge in [0.2, 0.25) is 0 Å². The maximum absolute atomic E-state index is 10.5. The van der Waals surface area contributed by atoms with Crippen molar-refractivity contribution in [2.24, 2.45) is 0 Å². The van der Waals surface area contributed by atoms with Crippen LogP contribution in [0.25, 0.3) is 0 Å². The first-order valence-corrected chi connectivity index (χ1v) is 6.73. The monoisotopic (exact) mass is 257 g/mol. The minimum atomic E-state index is -0.647. The zero-order chi connectivity index (χ0) is 13.4. The highest BCUT2D eigenvalue weighted by atomic mass is 16.3. The predicted octanol–water partition coefficient (Wildman–Crippen LogP) is 1.98. The average molecular weight is 257 g/mol. The van der Waals surface area contributed by atoms with Gasteiger partial charge in [-0.1, -0.05) is 12.1 Å². The van der Waals surface area contributed by atoms with Crippen LogP contribution in [0.4, 0.5) is 5.69 Å². The van der Waals surface area contributed by atoms with Crippen molar-refractivity contribution in [3.63, 3.8) is 0 Å². The van der Waals surface area contributed by atoms with E-state index in [1.807, 2.05) is 16.8 Å². The largest absolute Gasteiger partial charge is 0.380 e. The van der Waals surface area contributed by atoms with Gasteiger partial charge in [-0.05, 0) is 30.5 Å². The Balaban J connectivity index is 1.95. The molecule has 19 heavy (non-hydrogen) atoms. The highest BCUT2D eigenvalue weighted by molar-refractivity contribution is 5.58. The lowest BCUT2D eigenvalue weighted by atomic mass is 10.0. The fraction of sp³-hybridized carbons (Fsp3) is 0.400. The third-order valence-corrected chi connectivity index (χ3v) is 3.88. The molecule has 1 aromatic heterocycles. The molecule has 2 heterocycles. The van der Waals surface area contributed by atoms with Gasteiger partial charge in [0.05, 0.1) is 0 Å². The van der Waals surface area contributed by atoms with Gasteiger partial charge in [0.1, 0.15) is 11.9 Å². The maximum atomic E-state index is 10.5. The summed E-state index contributed by atoms with van der Waals surface area (Å²) < 4.78 is 1.98. The lowest BCUT2D eigenvalue weighted by molar-refractivity contribution is 0.205. The number of fused-ring (bicyclic) bond motifs is 1. The van der Waals surface area contributed by atoms with Crippen LogP contribution < -0.4 is 4.90 Å². The van der Waals surface area contributed by atoms with Crippen molar-refractivity contribution in [1.82, 2.24) is 9.55 Å². The molecule has 0 saturated carbocycles. The van der Waals surface area contributed by atoms with E-state index in [2.05, 4.69) is 36.0 Å². The van der Waals surface area contributed by atoms with Gasteiger partial charge in [0.25, 0.3) is 0 Å². The Labute approximate surface area is 113 Å². The normalized spacial score (nSPS) is 15.6. The van der Waals surface area contributed by atoms with Gasteiger partial charge >= 0.3 is 0 Å². The first kappa shape index (κ1) is 12.2. The summed E-state index contributed by atoms with van der Waals surface area (Å²) in [6.07, 6.45) is 4.04. The minimum absolute atomic E-state index is 0.647. The van der Waals surface area contributed by atoms with Crippen molar-refractivity contribution in [2.75, 3.05) is 18.5 Å². The number of aliphatic hydroxyl groups is 1. The number of likely N-dealkylation sites (N-methyl/N-ethyl adjacent to an activating group) is 1. The fourth-order valence-electron chi connectivity index (χ4n) is 2.74. The number of aryl methyl sites for hydroxylation is 1. The number of aliphatic hydroxyl groups excluding tert-OH is 1. The van der Waals surface area contributed by atoms with Crippen molar-refractivity contribution in [2.45, 2.75) is 26.0 Å². The van der Waals surface area contributed by atoms with Crippen molar-refractivity contribution in [3.8, 4) is 0 Å². The van der Waals surface area contributed by atoms with E-state index in [4.69, 9.17) is 0 Å². The van der Waals surface area contributed by atoms with Crippen LogP contribution in [0.15, 0.2) is 30.6 Å². The first-order valence-electron chi connectivity index (χ1n) is 6.73. The first-order chi connectivity index (χ1) is 9.20. The lowest BCUT2D eigenvalue weighted by Gasteiger charge is -2.15. The Hall–Kier alpha value is -1.81. The highest BCUT2D eigenvalue weighted by Crippen LogP contribution is 2.30. The van der Waals surface area contributed by atoms with Crippen LogP contribution in [0, 0.1) is 0 Å². The van der Waals surface area contributed by atoms with Crippen LogP contribution in [0.1, 0.15) is 30.0 Å². The van der Waals surface area contributed by atoms with E-state index >= 15 is 0 Å². The molecule has 0 aliphatic carbocycles. The predicted molar refractivity (Wildman–Crippen MR) is 75.4 cm³/mol. The van der Waals surface area contributed by atoms with Gasteiger partial charge in [-0.15, -0.1) is 0 Å². The molecule has 0 bridgehead atoms. The minimum Gasteiger partial charge on any atom is -0.380 e. The Bertz CT molecular complexity index is 591. The molecule has 1 N–H and O–H groups in total. The second-order valence-corrected chi connectivity index (χ2v) is 5.03. The van der Waals surface area contributed by atoms with E-state index in [1.165, 1.54) is 11.3 Å². The molecule has 0 amide bonds. The van der Waals surface area contributed by atoms with Crippen molar-refractivity contribution >= 4 is 5.69 Å². The molecule has 1 aliphatic heterocycles. The molecule has 0 saturated heterocycles. The summed E-state index contributed by atoms with van der Waals surface area (Å²) in [4.78, 5) is 6.52. The fourth-order valence-corrected chi connectivity index (χ4v) is 2.74. The number of rotatable bonds is 3. The molecule has 1 atom stereocenters. The molecule has 1 aromatic carbocycles. The summed E-state index contributed by atoms with van der Waals surface area (Å²) in [7, 11) is 2.10. The standard InChI is InChI=1S/C15H19N3O/c1-3-18-9-7-16-15(18)14(19)12-4-5-13-11(10-12)6-8-17(13)2/h4-5,7,9-10,14,19H,3,6,8H2,1-2H3. The Morgan fingerprint density at radius 3 is 3.05 bits per heavy atom. The molecule has 4 nitrogen and oxygen atoms in total. The topological polar surface area (TPSA) is 41.3 Å². The summed E-state index contributed by atoms with van der Waals surface area (Å²) in [6.45, 7) is 3.92. The number of imidazole rings is 1. The summed E-state index contributed by atoms with van der Waals surface area (Å²) in [6, 6.07) is 6.21. The van der Waals surface area contributed by atoms with Crippen LogP contribution in [-0.4, -0.2) is 28.3 Å². The highest BCUT2D eigenvalue weighted by Gasteiger charge is 2.20. The number of benzene rings is 1. The number of anilines is 1. The van der Waals surface area contributed by atoms with Crippen LogP contribution in [0.5, 0.6) is 0 Å². The van der Waals surface area contributed by atoms with Crippen LogP contribution in [0.2, 0.25) is 0 Å². The number of nitrogens with zero attached hydrogens (tertiary/aromatic N) is 3. The van der Waals surface area contributed by atoms with Gasteiger partial charge in [0.15, 0.2) is 0 Å². The molecule has 1 unspecified atom stereocenters. The summed E-state index contributed by atoms with van der Waals surface area (Å²) in [5.41, 5.74) is 3.51. The summed E-state index contributed by atoms with van der Waals surface area (Å²) in [5.74, 6) is 0.716. The van der Waals surface area contributed by atoms with E-state index in [9.17, 15) is 5.11 Å². The van der Waals surface area contributed by atoms with Crippen molar-refractivity contribution in [1.29, 1.82) is 0 Å². The molecule has 4 heteroatoms. The molecule has 3 rings (SSSR count). The zero-order valence-electron chi connectivity index (χ0n) is 11.4. The smallest absolute Gasteiger partial charge is 0.142 e. The van der Waals surface area contributed by atoms with Gasteiger partial charge in [0, 0.05) is 38.2 Å². The quantitative estimate of drug-likeness (QED) is 0.914. The molecule has 1 aliphatic rings.